The van der Waals surface area contributed by atoms with Crippen LogP contribution in [0.1, 0.15) is 16.2 Å². The summed E-state index contributed by atoms with van der Waals surface area (Å²) in [5, 5.41) is 4.80. The minimum absolute atomic E-state index is 0.181. The Labute approximate surface area is 212 Å². The lowest BCUT2D eigenvalue weighted by atomic mass is 10.1. The minimum atomic E-state index is -0.402. The summed E-state index contributed by atoms with van der Waals surface area (Å²) < 4.78 is 0. The van der Waals surface area contributed by atoms with Crippen molar-refractivity contribution in [3.63, 3.8) is 0 Å². The van der Waals surface area contributed by atoms with Crippen molar-refractivity contribution >= 4 is 57.9 Å². The summed E-state index contributed by atoms with van der Waals surface area (Å²) >= 11 is 12.4. The summed E-state index contributed by atoms with van der Waals surface area (Å²) in [5.74, 6) is -0.402. The van der Waals surface area contributed by atoms with Gasteiger partial charge in [0.2, 0.25) is 0 Å². The quantitative estimate of drug-likeness (QED) is 0.355. The number of nitrogens with zero attached hydrogens (tertiary/aromatic N) is 3. The molecule has 0 atom stereocenters. The third-order valence-corrected chi connectivity index (χ3v) is 7.00. The Hall–Kier alpha value is -3.44. The van der Waals surface area contributed by atoms with Crippen molar-refractivity contribution < 1.29 is 9.59 Å². The fraction of sp³-hybridized carbons (Fsp3) is 0.217. The molecule has 3 heterocycles. The molecule has 35 heavy (non-hydrogen) atoms. The second kappa shape index (κ2) is 9.67. The number of aromatic nitrogens is 1. The Bertz CT molecular complexity index is 1260. The lowest BCUT2D eigenvalue weighted by Crippen LogP contribution is -2.47. The van der Waals surface area contributed by atoms with Gasteiger partial charge < -0.3 is 20.1 Å². The molecule has 3 amide bonds. The normalized spacial score (nSPS) is 16.0. The minimum Gasteiger partial charge on any atom is -0.368 e. The number of aryl methyl sites for hydroxylation is 1. The van der Waals surface area contributed by atoms with Crippen molar-refractivity contribution in [2.45, 2.75) is 6.92 Å². The first-order valence-corrected chi connectivity index (χ1v) is 11.8. The molecule has 182 valence electrons. The maximum Gasteiger partial charge on any atom is 0.353 e. The molecule has 5 N–H and O–H groups in total. The van der Waals surface area contributed by atoms with Crippen LogP contribution in [-0.4, -0.2) is 43.1 Å². The maximum absolute atomic E-state index is 13.1. The van der Waals surface area contributed by atoms with E-state index in [1.165, 1.54) is 10.7 Å². The molecule has 0 spiro atoms. The second-order valence-electron chi connectivity index (χ2n) is 8.22. The van der Waals surface area contributed by atoms with Gasteiger partial charge in [0.25, 0.3) is 5.91 Å². The average Bonchev–Trinajstić information content (AvgIpc) is 3.43. The number of carbonyl (C=O) groups excluding carboxylic acids is 2. The van der Waals surface area contributed by atoms with E-state index < -0.39 is 5.91 Å². The van der Waals surface area contributed by atoms with E-state index in [0.717, 1.165) is 31.9 Å². The van der Waals surface area contributed by atoms with Crippen LogP contribution in [-0.2, 0) is 0 Å². The lowest BCUT2D eigenvalue weighted by Gasteiger charge is -2.38. The largest absolute Gasteiger partial charge is 0.368 e. The van der Waals surface area contributed by atoms with Gasteiger partial charge in [0, 0.05) is 37.6 Å². The van der Waals surface area contributed by atoms with E-state index in [1.807, 2.05) is 24.3 Å². The van der Waals surface area contributed by atoms with E-state index in [9.17, 15) is 9.59 Å². The highest BCUT2D eigenvalue weighted by atomic mass is 35.5. The van der Waals surface area contributed by atoms with Gasteiger partial charge in [0.05, 0.1) is 27.1 Å². The third kappa shape index (κ3) is 4.61. The van der Waals surface area contributed by atoms with Gasteiger partial charge in [-0.2, -0.15) is 0 Å². The number of hydrogen-bond donors (Lipinski definition) is 5. The first kappa shape index (κ1) is 23.3. The SMILES string of the molecule is Cc1[nH]c(C(=O)Nc2ccc(N3NNNC3=O)cc2N2CCN(c3ccccc3)CC2)c(Cl)c1Cl. The first-order valence-electron chi connectivity index (χ1n) is 11.1. The van der Waals surface area contributed by atoms with Gasteiger partial charge in [0.15, 0.2) is 0 Å². The van der Waals surface area contributed by atoms with Crippen molar-refractivity contribution in [2.75, 3.05) is 46.3 Å². The number of piperazine rings is 1. The topological polar surface area (TPSA) is 108 Å². The van der Waals surface area contributed by atoms with Crippen LogP contribution in [0.5, 0.6) is 0 Å². The molecule has 2 fully saturated rings. The summed E-state index contributed by atoms with van der Waals surface area (Å²) in [5.41, 5.74) is 11.8. The molecule has 5 rings (SSSR count). The number of anilines is 4. The number of urea groups is 1. The number of halogens is 2. The van der Waals surface area contributed by atoms with Gasteiger partial charge in [0.1, 0.15) is 5.69 Å². The number of rotatable bonds is 5. The molecule has 1 aromatic heterocycles. The summed E-state index contributed by atoms with van der Waals surface area (Å²) in [4.78, 5) is 32.7. The van der Waals surface area contributed by atoms with Crippen molar-refractivity contribution in [1.82, 2.24) is 21.5 Å². The summed E-state index contributed by atoms with van der Waals surface area (Å²) in [6, 6.07) is 15.3. The number of carbonyl (C=O) groups is 2. The molecule has 0 radical (unpaired) electrons. The standard InChI is InChI=1S/C23H24Cl2N8O2/c1-14-19(24)20(25)21(26-14)22(34)27-17-8-7-16(33-23(35)28-29-30-33)13-18(17)32-11-9-31(10-12-32)15-5-3-2-4-6-15/h2-8,13,26,29-30H,9-12H2,1H3,(H,27,34)(H,28,35). The fourth-order valence-corrected chi connectivity index (χ4v) is 4.63. The Morgan fingerprint density at radius 1 is 0.943 bits per heavy atom. The van der Waals surface area contributed by atoms with E-state index >= 15 is 0 Å². The fourth-order valence-electron chi connectivity index (χ4n) is 4.21. The number of para-hydroxylation sites is 1. The zero-order valence-corrected chi connectivity index (χ0v) is 20.4. The predicted molar refractivity (Wildman–Crippen MR) is 138 cm³/mol. The Balaban J connectivity index is 1.42. The van der Waals surface area contributed by atoms with Gasteiger partial charge in [-0.15, -0.1) is 11.1 Å². The van der Waals surface area contributed by atoms with Crippen LogP contribution in [0, 0.1) is 6.92 Å². The molecule has 0 saturated carbocycles. The van der Waals surface area contributed by atoms with Crippen LogP contribution in [0.4, 0.5) is 27.5 Å². The molecule has 10 nitrogen and oxygen atoms in total. The molecule has 3 aromatic rings. The van der Waals surface area contributed by atoms with Crippen LogP contribution < -0.4 is 36.6 Å². The zero-order valence-electron chi connectivity index (χ0n) is 18.9. The van der Waals surface area contributed by atoms with Crippen LogP contribution in [0.25, 0.3) is 0 Å². The molecular formula is C23H24Cl2N8O2. The van der Waals surface area contributed by atoms with Gasteiger partial charge in [-0.05, 0) is 37.3 Å². The highest BCUT2D eigenvalue weighted by Gasteiger charge is 2.26. The second-order valence-corrected chi connectivity index (χ2v) is 8.98. The molecule has 2 saturated heterocycles. The Morgan fingerprint density at radius 2 is 1.66 bits per heavy atom. The number of hydrazine groups is 3. The highest BCUT2D eigenvalue weighted by molar-refractivity contribution is 6.44. The van der Waals surface area contributed by atoms with Gasteiger partial charge >= 0.3 is 6.03 Å². The van der Waals surface area contributed by atoms with Gasteiger partial charge in [-0.1, -0.05) is 41.4 Å². The number of nitrogens with one attached hydrogen (secondary N) is 5. The highest BCUT2D eigenvalue weighted by Crippen LogP contribution is 2.34. The van der Waals surface area contributed by atoms with Gasteiger partial charge in [-0.25, -0.2) is 9.80 Å². The molecule has 2 aliphatic rings. The Morgan fingerprint density at radius 3 is 2.29 bits per heavy atom. The smallest absolute Gasteiger partial charge is 0.353 e. The summed E-state index contributed by atoms with van der Waals surface area (Å²) in [7, 11) is 0. The first-order chi connectivity index (χ1) is 16.9. The van der Waals surface area contributed by atoms with E-state index in [4.69, 9.17) is 23.2 Å². The maximum atomic E-state index is 13.1. The number of aromatic amines is 1. The number of amides is 3. The lowest BCUT2D eigenvalue weighted by molar-refractivity contribution is 0.102. The molecular weight excluding hydrogens is 491 g/mol. The molecule has 2 aromatic carbocycles. The predicted octanol–water partition coefficient (Wildman–Crippen LogP) is 3.66. The third-order valence-electron chi connectivity index (χ3n) is 6.05. The summed E-state index contributed by atoms with van der Waals surface area (Å²) in [6.07, 6.45) is 0. The Kier molecular flexibility index (Phi) is 6.44. The van der Waals surface area contributed by atoms with Crippen molar-refractivity contribution in [1.29, 1.82) is 0 Å². The number of hydrogen-bond acceptors (Lipinski definition) is 6. The van der Waals surface area contributed by atoms with Crippen LogP contribution in [0.3, 0.4) is 0 Å². The summed E-state index contributed by atoms with van der Waals surface area (Å²) in [6.45, 7) is 4.83. The van der Waals surface area contributed by atoms with Gasteiger partial charge in [-0.3, -0.25) is 10.2 Å². The zero-order chi connectivity index (χ0) is 24.5. The van der Waals surface area contributed by atoms with Crippen LogP contribution >= 0.6 is 23.2 Å². The number of benzene rings is 2. The van der Waals surface area contributed by atoms with E-state index in [2.05, 4.69) is 48.7 Å². The van der Waals surface area contributed by atoms with E-state index in [1.54, 1.807) is 19.1 Å². The monoisotopic (exact) mass is 514 g/mol. The van der Waals surface area contributed by atoms with Crippen molar-refractivity contribution in [3.8, 4) is 0 Å². The molecule has 2 aliphatic heterocycles. The average molecular weight is 515 g/mol. The van der Waals surface area contributed by atoms with E-state index in [0.29, 0.717) is 22.1 Å². The molecule has 12 heteroatoms. The molecule has 0 unspecified atom stereocenters. The molecule has 0 bridgehead atoms. The van der Waals surface area contributed by atoms with Crippen molar-refractivity contribution in [2.24, 2.45) is 0 Å². The van der Waals surface area contributed by atoms with Crippen LogP contribution in [0.2, 0.25) is 10.0 Å². The van der Waals surface area contributed by atoms with E-state index in [-0.39, 0.29) is 16.7 Å². The molecule has 0 aliphatic carbocycles. The van der Waals surface area contributed by atoms with Crippen LogP contribution in [0.15, 0.2) is 48.5 Å². The van der Waals surface area contributed by atoms with Crippen molar-refractivity contribution in [3.05, 3.63) is 70.0 Å². The number of H-pyrrole nitrogens is 1.